The lowest BCUT2D eigenvalue weighted by molar-refractivity contribution is 0.243. The number of aryl methyl sites for hydroxylation is 1. The Morgan fingerprint density at radius 3 is 2.77 bits per heavy atom. The first-order valence-corrected chi connectivity index (χ1v) is 12.0. The number of fused-ring (bicyclic) bond motifs is 1. The fourth-order valence-corrected chi connectivity index (χ4v) is 5.47. The molecule has 0 bridgehead atoms. The molecule has 1 aromatic carbocycles. The first kappa shape index (κ1) is 23.5. The summed E-state index contributed by atoms with van der Waals surface area (Å²) in [6.07, 6.45) is 2.26. The number of halogens is 1. The summed E-state index contributed by atoms with van der Waals surface area (Å²) in [5.41, 5.74) is 1.46. The third kappa shape index (κ3) is 5.97. The first-order chi connectivity index (χ1) is 14.8. The Balaban J connectivity index is 1.88. The van der Waals surface area contributed by atoms with Crippen molar-refractivity contribution in [3.05, 3.63) is 35.9 Å². The molecule has 0 aliphatic carbocycles. The SMILES string of the molecule is Cc1c(S(=O)NCCCN(C)C)sc2ncnc(Nc3ccc(F)cc3OC(C)C)c12. The van der Waals surface area contributed by atoms with E-state index in [4.69, 9.17) is 4.74 Å². The van der Waals surface area contributed by atoms with E-state index in [-0.39, 0.29) is 11.9 Å². The van der Waals surface area contributed by atoms with E-state index in [2.05, 4.69) is 24.9 Å². The van der Waals surface area contributed by atoms with Crippen molar-refractivity contribution in [2.45, 2.75) is 37.5 Å². The molecule has 31 heavy (non-hydrogen) atoms. The maximum Gasteiger partial charge on any atom is 0.146 e. The van der Waals surface area contributed by atoms with Crippen LogP contribution in [0.5, 0.6) is 5.75 Å². The van der Waals surface area contributed by atoms with Crippen molar-refractivity contribution in [3.63, 3.8) is 0 Å². The predicted octanol–water partition coefficient (Wildman–Crippen LogP) is 4.23. The summed E-state index contributed by atoms with van der Waals surface area (Å²) in [5.74, 6) is 0.592. The van der Waals surface area contributed by atoms with Crippen LogP contribution in [0.4, 0.5) is 15.9 Å². The van der Waals surface area contributed by atoms with E-state index in [0.29, 0.717) is 23.8 Å². The highest BCUT2D eigenvalue weighted by Gasteiger charge is 2.19. The molecule has 2 N–H and O–H groups in total. The minimum absolute atomic E-state index is 0.108. The fraction of sp³-hybridized carbons (Fsp3) is 0.429. The summed E-state index contributed by atoms with van der Waals surface area (Å²) in [6.45, 7) is 7.26. The third-order valence-corrected chi connectivity index (χ3v) is 7.23. The smallest absolute Gasteiger partial charge is 0.146 e. The Kier molecular flexibility index (Phi) is 7.93. The lowest BCUT2D eigenvalue weighted by Crippen LogP contribution is -2.23. The van der Waals surface area contributed by atoms with Crippen molar-refractivity contribution in [1.29, 1.82) is 0 Å². The lowest BCUT2D eigenvalue weighted by Gasteiger charge is -2.16. The Morgan fingerprint density at radius 2 is 2.06 bits per heavy atom. The standard InChI is InChI=1S/C21H28FN5O2S2/c1-13(2)29-17-11-15(22)7-8-16(17)26-19-18-14(3)21(30-20(18)24-12-23-19)31(28)25-9-6-10-27(4)5/h7-8,11-13,25H,6,9-10H2,1-5H3,(H,23,24,26). The van der Waals surface area contributed by atoms with Crippen LogP contribution in [0.25, 0.3) is 10.2 Å². The number of hydrogen-bond donors (Lipinski definition) is 2. The van der Waals surface area contributed by atoms with Gasteiger partial charge >= 0.3 is 0 Å². The van der Waals surface area contributed by atoms with Gasteiger partial charge < -0.3 is 15.0 Å². The molecule has 7 nitrogen and oxygen atoms in total. The fourth-order valence-electron chi connectivity index (χ4n) is 3.03. The molecule has 1 atom stereocenters. The minimum atomic E-state index is -1.33. The Labute approximate surface area is 188 Å². The van der Waals surface area contributed by atoms with Gasteiger partial charge in [-0.25, -0.2) is 23.3 Å². The minimum Gasteiger partial charge on any atom is -0.489 e. The first-order valence-electron chi connectivity index (χ1n) is 10.0. The van der Waals surface area contributed by atoms with Crippen molar-refractivity contribution in [1.82, 2.24) is 19.6 Å². The molecule has 0 saturated heterocycles. The highest BCUT2D eigenvalue weighted by atomic mass is 32.2. The number of ether oxygens (including phenoxy) is 1. The average molecular weight is 466 g/mol. The zero-order valence-electron chi connectivity index (χ0n) is 18.4. The third-order valence-electron chi connectivity index (χ3n) is 4.43. The number of benzene rings is 1. The van der Waals surface area contributed by atoms with Crippen molar-refractivity contribution in [2.75, 3.05) is 32.5 Å². The molecule has 0 radical (unpaired) electrons. The van der Waals surface area contributed by atoms with Crippen LogP contribution in [0.3, 0.4) is 0 Å². The van der Waals surface area contributed by atoms with Gasteiger partial charge in [-0.1, -0.05) is 0 Å². The maximum absolute atomic E-state index is 13.7. The molecule has 2 aromatic heterocycles. The van der Waals surface area contributed by atoms with Crippen LogP contribution in [-0.2, 0) is 11.0 Å². The molecule has 0 aliphatic heterocycles. The second-order valence-corrected chi connectivity index (χ2v) is 10.2. The molecule has 0 amide bonds. The molecule has 1 unspecified atom stereocenters. The Morgan fingerprint density at radius 1 is 1.29 bits per heavy atom. The molecule has 0 fully saturated rings. The van der Waals surface area contributed by atoms with E-state index in [1.165, 1.54) is 29.8 Å². The molecule has 2 heterocycles. The van der Waals surface area contributed by atoms with E-state index in [1.54, 1.807) is 6.07 Å². The number of anilines is 2. The number of nitrogens with one attached hydrogen (secondary N) is 2. The average Bonchev–Trinajstić information content (AvgIpc) is 3.04. The van der Waals surface area contributed by atoms with Crippen LogP contribution in [0.1, 0.15) is 25.8 Å². The topological polar surface area (TPSA) is 79.4 Å². The molecular weight excluding hydrogens is 437 g/mol. The van der Waals surface area contributed by atoms with Crippen LogP contribution in [0, 0.1) is 12.7 Å². The van der Waals surface area contributed by atoms with Crippen molar-refractivity contribution in [3.8, 4) is 5.75 Å². The molecule has 168 valence electrons. The summed E-state index contributed by atoms with van der Waals surface area (Å²) in [7, 11) is 2.69. The van der Waals surface area contributed by atoms with Crippen LogP contribution < -0.4 is 14.8 Å². The van der Waals surface area contributed by atoms with Crippen LogP contribution >= 0.6 is 11.3 Å². The highest BCUT2D eigenvalue weighted by Crippen LogP contribution is 2.37. The second-order valence-electron chi connectivity index (χ2n) is 7.67. The van der Waals surface area contributed by atoms with Gasteiger partial charge in [-0.3, -0.25) is 0 Å². The van der Waals surface area contributed by atoms with Gasteiger partial charge in [-0.2, -0.15) is 0 Å². The van der Waals surface area contributed by atoms with Crippen LogP contribution in [0.2, 0.25) is 0 Å². The monoisotopic (exact) mass is 465 g/mol. The molecule has 10 heteroatoms. The second kappa shape index (κ2) is 10.4. The van der Waals surface area contributed by atoms with E-state index in [0.717, 1.165) is 33.0 Å². The summed E-state index contributed by atoms with van der Waals surface area (Å²) in [6, 6.07) is 4.33. The van der Waals surface area contributed by atoms with Gasteiger partial charge in [0.2, 0.25) is 0 Å². The molecule has 0 aliphatic rings. The Bertz CT molecular complexity index is 1070. The van der Waals surface area contributed by atoms with Crippen molar-refractivity contribution in [2.24, 2.45) is 0 Å². The van der Waals surface area contributed by atoms with Gasteiger partial charge in [0, 0.05) is 12.6 Å². The summed E-state index contributed by atoms with van der Waals surface area (Å²) >= 11 is 1.38. The van der Waals surface area contributed by atoms with Crippen molar-refractivity contribution >= 4 is 44.0 Å². The van der Waals surface area contributed by atoms with Gasteiger partial charge in [0.05, 0.1) is 17.2 Å². The number of hydrogen-bond acceptors (Lipinski definition) is 7. The molecule has 3 aromatic rings. The predicted molar refractivity (Wildman–Crippen MR) is 125 cm³/mol. The van der Waals surface area contributed by atoms with Crippen LogP contribution in [-0.4, -0.2) is 52.4 Å². The molecule has 0 saturated carbocycles. The molecular formula is C21H28FN5O2S2. The Hall–Kier alpha value is -2.14. The molecule has 3 rings (SSSR count). The maximum atomic E-state index is 13.7. The normalized spacial score (nSPS) is 12.6. The summed E-state index contributed by atoms with van der Waals surface area (Å²) in [4.78, 5) is 11.6. The number of aromatic nitrogens is 2. The molecule has 0 spiro atoms. The van der Waals surface area contributed by atoms with Crippen LogP contribution in [0.15, 0.2) is 28.7 Å². The number of nitrogens with zero attached hydrogens (tertiary/aromatic N) is 3. The van der Waals surface area contributed by atoms with Gasteiger partial charge in [-0.05, 0) is 65.5 Å². The summed E-state index contributed by atoms with van der Waals surface area (Å²) < 4.78 is 36.1. The zero-order chi connectivity index (χ0) is 22.5. The number of thiophene rings is 1. The van der Waals surface area contributed by atoms with Gasteiger partial charge in [0.15, 0.2) is 0 Å². The zero-order valence-corrected chi connectivity index (χ0v) is 20.0. The van der Waals surface area contributed by atoms with Gasteiger partial charge in [0.1, 0.15) is 43.7 Å². The highest BCUT2D eigenvalue weighted by molar-refractivity contribution is 7.85. The van der Waals surface area contributed by atoms with Gasteiger partial charge in [0.25, 0.3) is 0 Å². The summed E-state index contributed by atoms with van der Waals surface area (Å²) in [5, 5.41) is 4.04. The van der Waals surface area contributed by atoms with E-state index >= 15 is 0 Å². The van der Waals surface area contributed by atoms with Crippen molar-refractivity contribution < 1.29 is 13.3 Å². The van der Waals surface area contributed by atoms with E-state index in [1.807, 2.05) is 34.9 Å². The number of rotatable bonds is 10. The largest absolute Gasteiger partial charge is 0.489 e. The van der Waals surface area contributed by atoms with E-state index < -0.39 is 11.0 Å². The lowest BCUT2D eigenvalue weighted by atomic mass is 10.2. The van der Waals surface area contributed by atoms with E-state index in [9.17, 15) is 8.60 Å². The quantitative estimate of drug-likeness (QED) is 0.436. The van der Waals surface area contributed by atoms with Gasteiger partial charge in [-0.15, -0.1) is 11.3 Å².